The number of carbonyl (C=O) groups excluding carboxylic acids is 1. The van der Waals surface area contributed by atoms with E-state index in [4.69, 9.17) is 0 Å². The van der Waals surface area contributed by atoms with Gasteiger partial charge in [-0.3, -0.25) is 4.79 Å². The topological polar surface area (TPSA) is 37.3 Å². The fraction of sp³-hybridized carbons (Fsp3) is 0.357. The molecule has 0 radical (unpaired) electrons. The van der Waals surface area contributed by atoms with Gasteiger partial charge in [0, 0.05) is 23.8 Å². The zero-order valence-corrected chi connectivity index (χ0v) is 13.5. The first-order valence-corrected chi connectivity index (χ1v) is 9.66. The minimum Gasteiger partial charge on any atom is -0.512 e. The molecule has 0 spiro atoms. The number of halogens is 5. The molecule has 0 aromatic heterocycles. The number of rotatable bonds is 5. The molecule has 1 N–H and O–H groups in total. The summed E-state index contributed by atoms with van der Waals surface area (Å²) in [5.74, 6) is 0.394. The fourth-order valence-corrected chi connectivity index (χ4v) is 3.96. The summed E-state index contributed by atoms with van der Waals surface area (Å²) < 4.78 is 62.9. The molecule has 2 nitrogen and oxygen atoms in total. The summed E-state index contributed by atoms with van der Waals surface area (Å²) in [6, 6.07) is 2.81. The highest BCUT2D eigenvalue weighted by atomic mass is 32.5. The van der Waals surface area contributed by atoms with E-state index in [-0.39, 0.29) is 17.5 Å². The van der Waals surface area contributed by atoms with Crippen molar-refractivity contribution in [1.82, 2.24) is 0 Å². The quantitative estimate of drug-likeness (QED) is 0.489. The van der Waals surface area contributed by atoms with E-state index in [1.807, 2.05) is 0 Å². The van der Waals surface area contributed by atoms with Crippen molar-refractivity contribution in [2.24, 2.45) is 5.92 Å². The van der Waals surface area contributed by atoms with Crippen LogP contribution >= 0.6 is 22.0 Å². The van der Waals surface area contributed by atoms with E-state index in [1.54, 1.807) is 0 Å². The molecular weight excluding hydrogens is 359 g/mol. The van der Waals surface area contributed by atoms with Crippen LogP contribution in [-0.2, 0) is 4.79 Å². The van der Waals surface area contributed by atoms with E-state index in [9.17, 15) is 29.3 Å². The minimum atomic E-state index is -9.61. The Labute approximate surface area is 134 Å². The fourth-order valence-electron chi connectivity index (χ4n) is 2.30. The highest BCUT2D eigenvalue weighted by molar-refractivity contribution is 8.45. The lowest BCUT2D eigenvalue weighted by molar-refractivity contribution is -0.116. The van der Waals surface area contributed by atoms with Gasteiger partial charge in [-0.25, -0.2) is 0 Å². The third-order valence-corrected chi connectivity index (χ3v) is 5.59. The molecule has 0 fully saturated rings. The molecule has 9 heteroatoms. The molecule has 1 aromatic rings. The number of carbonyl (C=O) groups is 1. The number of hydrogen-bond acceptors (Lipinski definition) is 3. The van der Waals surface area contributed by atoms with Gasteiger partial charge in [-0.1, -0.05) is 19.4 Å². The maximum Gasteiger partial charge on any atom is 0.310 e. The minimum absolute atomic E-state index is 0.0102. The predicted molar refractivity (Wildman–Crippen MR) is 81.6 cm³/mol. The van der Waals surface area contributed by atoms with Crippen LogP contribution in [0.25, 0.3) is 0 Å². The van der Waals surface area contributed by atoms with Crippen molar-refractivity contribution in [3.05, 3.63) is 36.1 Å². The first kappa shape index (κ1) is 18.1. The van der Waals surface area contributed by atoms with Crippen molar-refractivity contribution in [2.45, 2.75) is 29.1 Å². The molecule has 1 atom stereocenters. The predicted octanol–water partition coefficient (Wildman–Crippen LogP) is 6.25. The van der Waals surface area contributed by atoms with Crippen molar-refractivity contribution in [1.29, 1.82) is 0 Å². The second-order valence-electron chi connectivity index (χ2n) is 5.45. The first-order valence-electron chi connectivity index (χ1n) is 6.73. The average Bonchev–Trinajstić information content (AvgIpc) is 2.35. The normalized spacial score (nSPS) is 22.2. The highest BCUT2D eigenvalue weighted by Crippen LogP contribution is 3.02. The second kappa shape index (κ2) is 5.41. The molecule has 1 unspecified atom stereocenters. The molecule has 23 heavy (non-hydrogen) atoms. The number of aliphatic hydroxyl groups excluding tert-OH is 1. The Balaban J connectivity index is 1.91. The van der Waals surface area contributed by atoms with Crippen molar-refractivity contribution in [3.8, 4) is 0 Å². The van der Waals surface area contributed by atoms with Gasteiger partial charge in [-0.05, 0) is 42.4 Å². The van der Waals surface area contributed by atoms with Gasteiger partial charge < -0.3 is 5.11 Å². The standard InChI is InChI=1S/C14H15F5O2S2/c15-23(16,17,18,19)14-3-1-13(2-4-14)22-6-5-10-7-11(20)9-12(21)8-10/h1-4,9-10,20H,5-8H2. The van der Waals surface area contributed by atoms with Gasteiger partial charge in [0.15, 0.2) is 5.78 Å². The molecule has 2 rings (SSSR count). The lowest BCUT2D eigenvalue weighted by Gasteiger charge is -2.40. The van der Waals surface area contributed by atoms with Gasteiger partial charge >= 0.3 is 10.2 Å². The number of thioether (sulfide) groups is 1. The van der Waals surface area contributed by atoms with E-state index in [2.05, 4.69) is 0 Å². The summed E-state index contributed by atoms with van der Waals surface area (Å²) in [7, 11) is -9.61. The van der Waals surface area contributed by atoms with E-state index < -0.39 is 15.1 Å². The number of aliphatic hydroxyl groups is 1. The van der Waals surface area contributed by atoms with Crippen LogP contribution in [0.3, 0.4) is 0 Å². The van der Waals surface area contributed by atoms with E-state index in [0.717, 1.165) is 12.1 Å². The van der Waals surface area contributed by atoms with E-state index >= 15 is 0 Å². The molecule has 130 valence electrons. The summed E-state index contributed by atoms with van der Waals surface area (Å²) in [5, 5.41) is 9.38. The molecule has 0 heterocycles. The van der Waals surface area contributed by atoms with E-state index in [0.29, 0.717) is 42.0 Å². The molecule has 1 aliphatic carbocycles. The van der Waals surface area contributed by atoms with Crippen LogP contribution in [0, 0.1) is 5.92 Å². The summed E-state index contributed by atoms with van der Waals surface area (Å²) in [6.45, 7) is 0. The van der Waals surface area contributed by atoms with Crippen LogP contribution in [0.5, 0.6) is 0 Å². The van der Waals surface area contributed by atoms with Crippen molar-refractivity contribution in [2.75, 3.05) is 5.75 Å². The number of allylic oxidation sites excluding steroid dienone is 2. The largest absolute Gasteiger partial charge is 0.512 e. The third-order valence-electron chi connectivity index (χ3n) is 3.38. The van der Waals surface area contributed by atoms with E-state index in [1.165, 1.54) is 17.8 Å². The molecule has 0 saturated heterocycles. The smallest absolute Gasteiger partial charge is 0.310 e. The van der Waals surface area contributed by atoms with Gasteiger partial charge in [-0.15, -0.1) is 11.8 Å². The van der Waals surface area contributed by atoms with Crippen LogP contribution in [0.2, 0.25) is 0 Å². The monoisotopic (exact) mass is 374 g/mol. The SMILES string of the molecule is O=C1C=C(O)CC(CCSc2ccc(S(F)(F)(F)(F)F)cc2)C1. The Morgan fingerprint density at radius 2 is 1.70 bits per heavy atom. The molecule has 1 aliphatic rings. The molecule has 0 saturated carbocycles. The van der Waals surface area contributed by atoms with Crippen LogP contribution in [0.4, 0.5) is 19.4 Å². The zero-order valence-electron chi connectivity index (χ0n) is 11.9. The molecular formula is C14H15F5O2S2. The van der Waals surface area contributed by atoms with Gasteiger partial charge in [0.1, 0.15) is 4.90 Å². The van der Waals surface area contributed by atoms with Gasteiger partial charge in [-0.2, -0.15) is 0 Å². The number of ketones is 1. The third kappa shape index (κ3) is 5.42. The molecule has 0 bridgehead atoms. The molecule has 0 aliphatic heterocycles. The van der Waals surface area contributed by atoms with Crippen LogP contribution in [-0.4, -0.2) is 16.6 Å². The highest BCUT2D eigenvalue weighted by Gasteiger charge is 2.65. The lowest BCUT2D eigenvalue weighted by Crippen LogP contribution is -2.14. The van der Waals surface area contributed by atoms with Crippen molar-refractivity contribution in [3.63, 3.8) is 0 Å². The Hall–Kier alpha value is -1.22. The summed E-state index contributed by atoms with van der Waals surface area (Å²) in [4.78, 5) is 9.83. The summed E-state index contributed by atoms with van der Waals surface area (Å²) in [6.07, 6.45) is 2.52. The van der Waals surface area contributed by atoms with Crippen LogP contribution in [0.15, 0.2) is 45.9 Å². The first-order chi connectivity index (χ1) is 10.3. The molecule has 1 aromatic carbocycles. The van der Waals surface area contributed by atoms with Crippen LogP contribution < -0.4 is 0 Å². The summed E-state index contributed by atoms with van der Waals surface area (Å²) >= 11 is 1.22. The average molecular weight is 374 g/mol. The number of hydrogen-bond donors (Lipinski definition) is 1. The Bertz CT molecular complexity index is 637. The summed E-state index contributed by atoms with van der Waals surface area (Å²) in [5.41, 5.74) is 0. The van der Waals surface area contributed by atoms with Gasteiger partial charge in [0.25, 0.3) is 0 Å². The Morgan fingerprint density at radius 1 is 1.09 bits per heavy atom. The van der Waals surface area contributed by atoms with Crippen LogP contribution in [0.1, 0.15) is 19.3 Å². The van der Waals surface area contributed by atoms with Gasteiger partial charge in [0.2, 0.25) is 0 Å². The maximum absolute atomic E-state index is 12.6. The zero-order chi connectivity index (χ0) is 17.4. The maximum atomic E-state index is 12.6. The molecule has 0 amide bonds. The second-order valence-corrected chi connectivity index (χ2v) is 9.03. The van der Waals surface area contributed by atoms with Crippen molar-refractivity contribution >= 4 is 27.8 Å². The van der Waals surface area contributed by atoms with Crippen molar-refractivity contribution < 1.29 is 29.3 Å². The Kier molecular flexibility index (Phi) is 4.26. The Morgan fingerprint density at radius 3 is 2.22 bits per heavy atom. The number of benzene rings is 1. The van der Waals surface area contributed by atoms with Gasteiger partial charge in [0.05, 0.1) is 5.76 Å². The lowest BCUT2D eigenvalue weighted by atomic mass is 9.90.